The minimum atomic E-state index is -0.410. The van der Waals surface area contributed by atoms with Gasteiger partial charge in [-0.15, -0.1) is 0 Å². The van der Waals surface area contributed by atoms with Gasteiger partial charge in [0.2, 0.25) is 0 Å². The van der Waals surface area contributed by atoms with E-state index in [0.717, 1.165) is 25.7 Å². The Hall–Kier alpha value is -0.830. The monoisotopic (exact) mass is 326 g/mol. The van der Waals surface area contributed by atoms with Crippen molar-refractivity contribution in [2.75, 3.05) is 0 Å². The predicted octanol–water partition coefficient (Wildman–Crippen LogP) is 4.50. The number of ether oxygens (including phenoxy) is 1. The van der Waals surface area contributed by atoms with Gasteiger partial charge in [0.15, 0.2) is 0 Å². The molecule has 0 aliphatic carbocycles. The number of benzene rings is 1. The molecule has 0 saturated heterocycles. The number of carbonyl (C=O) groups is 1. The standard InChI is InChI=1S/C16H23BrO2/c1-16(2,3)19-15(18)14(17)12-8-7-11-13-9-5-4-6-10-13/h4-6,9-10,14H,7-8,11-12H2,1-3H3. The topological polar surface area (TPSA) is 26.3 Å². The fourth-order valence-corrected chi connectivity index (χ4v) is 2.20. The average molecular weight is 327 g/mol. The number of aryl methyl sites for hydroxylation is 1. The van der Waals surface area contributed by atoms with Crippen molar-refractivity contribution in [3.05, 3.63) is 35.9 Å². The van der Waals surface area contributed by atoms with Gasteiger partial charge in [0.1, 0.15) is 10.4 Å². The van der Waals surface area contributed by atoms with Gasteiger partial charge in [-0.1, -0.05) is 52.7 Å². The molecule has 0 fully saturated rings. The fourth-order valence-electron chi connectivity index (χ4n) is 1.78. The molecule has 0 aliphatic rings. The molecule has 0 amide bonds. The highest BCUT2D eigenvalue weighted by molar-refractivity contribution is 9.10. The van der Waals surface area contributed by atoms with E-state index in [9.17, 15) is 4.79 Å². The van der Waals surface area contributed by atoms with Crippen LogP contribution >= 0.6 is 15.9 Å². The van der Waals surface area contributed by atoms with Gasteiger partial charge in [0.25, 0.3) is 0 Å². The van der Waals surface area contributed by atoms with E-state index in [-0.39, 0.29) is 10.8 Å². The van der Waals surface area contributed by atoms with Crippen molar-refractivity contribution in [2.45, 2.75) is 56.9 Å². The Morgan fingerprint density at radius 1 is 1.21 bits per heavy atom. The Labute approximate surface area is 124 Å². The number of carbonyl (C=O) groups excluding carboxylic acids is 1. The van der Waals surface area contributed by atoms with Gasteiger partial charge >= 0.3 is 5.97 Å². The first-order valence-electron chi connectivity index (χ1n) is 6.79. The van der Waals surface area contributed by atoms with Crippen molar-refractivity contribution >= 4 is 21.9 Å². The van der Waals surface area contributed by atoms with E-state index < -0.39 is 5.60 Å². The number of halogens is 1. The van der Waals surface area contributed by atoms with Crippen LogP contribution < -0.4 is 0 Å². The number of alkyl halides is 1. The number of rotatable bonds is 6. The van der Waals surface area contributed by atoms with Crippen molar-refractivity contribution in [1.82, 2.24) is 0 Å². The van der Waals surface area contributed by atoms with E-state index in [1.165, 1.54) is 5.56 Å². The highest BCUT2D eigenvalue weighted by Gasteiger charge is 2.22. The van der Waals surface area contributed by atoms with Crippen LogP contribution in [0.25, 0.3) is 0 Å². The van der Waals surface area contributed by atoms with Gasteiger partial charge in [0.05, 0.1) is 0 Å². The molecule has 2 nitrogen and oxygen atoms in total. The first-order valence-corrected chi connectivity index (χ1v) is 7.71. The van der Waals surface area contributed by atoms with Crippen LogP contribution in [0, 0.1) is 0 Å². The molecule has 0 saturated carbocycles. The Bertz CT molecular complexity index is 381. The maximum absolute atomic E-state index is 11.8. The molecule has 106 valence electrons. The molecule has 0 N–H and O–H groups in total. The summed E-state index contributed by atoms with van der Waals surface area (Å²) in [6.45, 7) is 5.67. The normalized spacial score (nSPS) is 13.1. The lowest BCUT2D eigenvalue weighted by Crippen LogP contribution is -2.28. The van der Waals surface area contributed by atoms with Crippen molar-refractivity contribution in [2.24, 2.45) is 0 Å². The lowest BCUT2D eigenvalue weighted by atomic mass is 10.1. The molecule has 1 aromatic carbocycles. The molecule has 0 aromatic heterocycles. The quantitative estimate of drug-likeness (QED) is 0.437. The highest BCUT2D eigenvalue weighted by atomic mass is 79.9. The molecule has 0 aliphatic heterocycles. The van der Waals surface area contributed by atoms with Gasteiger partial charge in [-0.2, -0.15) is 0 Å². The van der Waals surface area contributed by atoms with Crippen LogP contribution in [-0.4, -0.2) is 16.4 Å². The van der Waals surface area contributed by atoms with E-state index >= 15 is 0 Å². The number of esters is 1. The van der Waals surface area contributed by atoms with Crippen molar-refractivity contribution < 1.29 is 9.53 Å². The van der Waals surface area contributed by atoms with Crippen LogP contribution in [0.2, 0.25) is 0 Å². The van der Waals surface area contributed by atoms with Crippen LogP contribution in [0.5, 0.6) is 0 Å². The summed E-state index contributed by atoms with van der Waals surface area (Å²) in [5, 5.41) is 0. The molecule has 0 spiro atoms. The summed E-state index contributed by atoms with van der Waals surface area (Å²) in [7, 11) is 0. The molecule has 3 heteroatoms. The zero-order valence-electron chi connectivity index (χ0n) is 12.0. The lowest BCUT2D eigenvalue weighted by molar-refractivity contribution is -0.154. The fraction of sp³-hybridized carbons (Fsp3) is 0.562. The van der Waals surface area contributed by atoms with E-state index in [0.29, 0.717) is 0 Å². The number of hydrogen-bond donors (Lipinski definition) is 0. The molecule has 1 aromatic rings. The Balaban J connectivity index is 2.20. The zero-order valence-corrected chi connectivity index (χ0v) is 13.6. The molecule has 1 atom stereocenters. The number of unbranched alkanes of at least 4 members (excludes halogenated alkanes) is 1. The van der Waals surface area contributed by atoms with E-state index in [1.54, 1.807) is 0 Å². The lowest BCUT2D eigenvalue weighted by Gasteiger charge is -2.21. The first kappa shape index (κ1) is 16.2. The molecule has 1 rings (SSSR count). The molecule has 1 unspecified atom stereocenters. The van der Waals surface area contributed by atoms with E-state index in [2.05, 4.69) is 40.2 Å². The minimum absolute atomic E-state index is 0.160. The number of hydrogen-bond acceptors (Lipinski definition) is 2. The summed E-state index contributed by atoms with van der Waals surface area (Å²) in [5.41, 5.74) is 0.943. The van der Waals surface area contributed by atoms with Gasteiger partial charge in [-0.25, -0.2) is 0 Å². The molecular weight excluding hydrogens is 304 g/mol. The average Bonchev–Trinajstić information content (AvgIpc) is 2.33. The van der Waals surface area contributed by atoms with Crippen LogP contribution in [0.1, 0.15) is 45.6 Å². The molecule has 19 heavy (non-hydrogen) atoms. The second kappa shape index (κ2) is 7.68. The van der Waals surface area contributed by atoms with Crippen LogP contribution in [-0.2, 0) is 16.0 Å². The van der Waals surface area contributed by atoms with Gasteiger partial charge < -0.3 is 4.74 Å². The zero-order chi connectivity index (χ0) is 14.3. The van der Waals surface area contributed by atoms with Crippen molar-refractivity contribution in [1.29, 1.82) is 0 Å². The predicted molar refractivity (Wildman–Crippen MR) is 82.6 cm³/mol. The van der Waals surface area contributed by atoms with E-state index in [1.807, 2.05) is 26.8 Å². The summed E-state index contributed by atoms with van der Waals surface area (Å²) >= 11 is 3.41. The summed E-state index contributed by atoms with van der Waals surface area (Å²) in [5.74, 6) is -0.160. The molecular formula is C16H23BrO2. The minimum Gasteiger partial charge on any atom is -0.459 e. The van der Waals surface area contributed by atoms with E-state index in [4.69, 9.17) is 4.74 Å². The summed E-state index contributed by atoms with van der Waals surface area (Å²) in [6.07, 6.45) is 4.00. The molecule has 0 radical (unpaired) electrons. The third-order valence-electron chi connectivity index (χ3n) is 2.68. The molecule has 0 bridgehead atoms. The smallest absolute Gasteiger partial charge is 0.320 e. The highest BCUT2D eigenvalue weighted by Crippen LogP contribution is 2.17. The van der Waals surface area contributed by atoms with Crippen LogP contribution in [0.3, 0.4) is 0 Å². The first-order chi connectivity index (χ1) is 8.88. The summed E-state index contributed by atoms with van der Waals surface area (Å²) in [6, 6.07) is 10.4. The van der Waals surface area contributed by atoms with Crippen LogP contribution in [0.4, 0.5) is 0 Å². The second-order valence-electron chi connectivity index (χ2n) is 5.73. The Kier molecular flexibility index (Phi) is 6.56. The SMILES string of the molecule is CC(C)(C)OC(=O)C(Br)CCCCc1ccccc1. The van der Waals surface area contributed by atoms with Crippen LogP contribution in [0.15, 0.2) is 30.3 Å². The largest absolute Gasteiger partial charge is 0.459 e. The second-order valence-corrected chi connectivity index (χ2v) is 6.84. The summed E-state index contributed by atoms with van der Waals surface area (Å²) < 4.78 is 5.33. The van der Waals surface area contributed by atoms with Crippen molar-refractivity contribution in [3.63, 3.8) is 0 Å². The maximum Gasteiger partial charge on any atom is 0.320 e. The Morgan fingerprint density at radius 3 is 2.42 bits per heavy atom. The third-order valence-corrected chi connectivity index (χ3v) is 3.51. The Morgan fingerprint density at radius 2 is 1.84 bits per heavy atom. The van der Waals surface area contributed by atoms with Gasteiger partial charge in [-0.05, 0) is 45.6 Å². The van der Waals surface area contributed by atoms with Gasteiger partial charge in [-0.3, -0.25) is 4.79 Å². The third kappa shape index (κ3) is 7.36. The maximum atomic E-state index is 11.8. The van der Waals surface area contributed by atoms with Crippen molar-refractivity contribution in [3.8, 4) is 0 Å². The van der Waals surface area contributed by atoms with Gasteiger partial charge in [0, 0.05) is 0 Å². The molecule has 0 heterocycles. The summed E-state index contributed by atoms with van der Waals surface area (Å²) in [4.78, 5) is 11.6.